The Morgan fingerprint density at radius 2 is 1.65 bits per heavy atom. The van der Waals surface area contributed by atoms with Gasteiger partial charge in [0.1, 0.15) is 41.0 Å². The first-order valence-electron chi connectivity index (χ1n) is 16.1. The fourth-order valence-electron chi connectivity index (χ4n) is 6.26. The fourth-order valence-corrected chi connectivity index (χ4v) is 6.26. The molecule has 2 amide bonds. The molecule has 0 spiro atoms. The van der Waals surface area contributed by atoms with Crippen LogP contribution in [0.15, 0.2) is 65.8 Å². The summed E-state index contributed by atoms with van der Waals surface area (Å²) in [6.07, 6.45) is 4.24. The number of nitriles is 1. The number of rotatable bonds is 7. The van der Waals surface area contributed by atoms with Crippen molar-refractivity contribution in [2.24, 2.45) is 5.92 Å². The number of anilines is 2. The average molecular weight is 662 g/mol. The normalized spacial score (nSPS) is 13.6. The molecular formula is C36H36FN9O3. The molecule has 12 nitrogen and oxygen atoms in total. The Kier molecular flexibility index (Phi) is 8.97. The molecule has 0 radical (unpaired) electrons. The van der Waals surface area contributed by atoms with E-state index in [2.05, 4.69) is 21.4 Å². The van der Waals surface area contributed by atoms with Gasteiger partial charge in [-0.3, -0.25) is 14.4 Å². The first kappa shape index (κ1) is 33.0. The van der Waals surface area contributed by atoms with E-state index in [9.17, 15) is 24.0 Å². The van der Waals surface area contributed by atoms with Crippen molar-refractivity contribution in [3.05, 3.63) is 88.4 Å². The van der Waals surface area contributed by atoms with Crippen molar-refractivity contribution in [1.82, 2.24) is 29.2 Å². The molecule has 0 aliphatic carbocycles. The number of amides is 2. The SMILES string of the molecule is CC(C)C(=O)N1CCC(n2nc(-c3ccc(NC(=O)c4cn(C(C)C)c(C#N)c(-c5ccc(F)cc5)c4=O)cc3)c3c(N)ncnc32)CC1. The van der Waals surface area contributed by atoms with Gasteiger partial charge in [-0.2, -0.15) is 10.4 Å². The number of benzene rings is 2. The Balaban J connectivity index is 1.30. The number of nitrogens with two attached hydrogens (primary N) is 1. The lowest BCUT2D eigenvalue weighted by Gasteiger charge is -2.33. The van der Waals surface area contributed by atoms with E-state index in [1.54, 1.807) is 28.8 Å². The van der Waals surface area contributed by atoms with Crippen LogP contribution in [-0.4, -0.2) is 54.1 Å². The summed E-state index contributed by atoms with van der Waals surface area (Å²) in [5, 5.41) is 18.3. The smallest absolute Gasteiger partial charge is 0.261 e. The topological polar surface area (TPSA) is 165 Å². The van der Waals surface area contributed by atoms with E-state index in [1.807, 2.05) is 37.3 Å². The van der Waals surface area contributed by atoms with Crippen molar-refractivity contribution < 1.29 is 14.0 Å². The summed E-state index contributed by atoms with van der Waals surface area (Å²) in [7, 11) is 0. The summed E-state index contributed by atoms with van der Waals surface area (Å²) in [4.78, 5) is 50.4. The highest BCUT2D eigenvalue weighted by Gasteiger charge is 2.29. The summed E-state index contributed by atoms with van der Waals surface area (Å²) < 4.78 is 17.1. The molecule has 49 heavy (non-hydrogen) atoms. The van der Waals surface area contributed by atoms with Gasteiger partial charge in [0, 0.05) is 42.5 Å². The van der Waals surface area contributed by atoms with Crippen LogP contribution in [0.5, 0.6) is 0 Å². The highest BCUT2D eigenvalue weighted by molar-refractivity contribution is 6.05. The predicted molar refractivity (Wildman–Crippen MR) is 184 cm³/mol. The standard InChI is InChI=1S/C36H36FN9O3/c1-20(2)36(49)44-15-13-26(14-16-44)46-34-30(33(39)40-19-41-34)31(43-46)23-7-11-25(12-8-23)42-35(48)27-18-45(21(3)4)28(17-38)29(32(27)47)22-5-9-24(37)10-6-22/h5-12,18-21,26H,13-16H2,1-4H3,(H,42,48)(H2,39,40,41). The lowest BCUT2D eigenvalue weighted by Crippen LogP contribution is -2.41. The molecule has 1 aliphatic rings. The minimum atomic E-state index is -0.658. The number of carbonyl (C=O) groups is 2. The third-order valence-corrected chi connectivity index (χ3v) is 8.82. The number of hydrogen-bond acceptors (Lipinski definition) is 8. The van der Waals surface area contributed by atoms with E-state index in [0.29, 0.717) is 41.1 Å². The van der Waals surface area contributed by atoms with Crippen molar-refractivity contribution in [3.8, 4) is 28.5 Å². The lowest BCUT2D eigenvalue weighted by molar-refractivity contribution is -0.135. The van der Waals surface area contributed by atoms with E-state index in [-0.39, 0.29) is 46.5 Å². The second-order valence-corrected chi connectivity index (χ2v) is 12.7. The number of nitrogen functional groups attached to an aromatic ring is 1. The summed E-state index contributed by atoms with van der Waals surface area (Å²) in [5.41, 5.74) is 8.31. The number of piperidine rings is 1. The highest BCUT2D eigenvalue weighted by atomic mass is 19.1. The van der Waals surface area contributed by atoms with Gasteiger partial charge in [0.2, 0.25) is 11.3 Å². The number of likely N-dealkylation sites (tertiary alicyclic amines) is 1. The minimum Gasteiger partial charge on any atom is -0.383 e. The third kappa shape index (κ3) is 6.25. The lowest BCUT2D eigenvalue weighted by atomic mass is 10.00. The Morgan fingerprint density at radius 1 is 1.00 bits per heavy atom. The van der Waals surface area contributed by atoms with Gasteiger partial charge in [-0.1, -0.05) is 38.1 Å². The fraction of sp³-hybridized carbons (Fsp3) is 0.306. The summed E-state index contributed by atoms with van der Waals surface area (Å²) >= 11 is 0. The van der Waals surface area contributed by atoms with Crippen molar-refractivity contribution >= 4 is 34.4 Å². The molecule has 1 aliphatic heterocycles. The molecule has 3 N–H and O–H groups in total. The molecule has 0 saturated carbocycles. The van der Waals surface area contributed by atoms with Crippen LogP contribution in [-0.2, 0) is 4.79 Å². The molecule has 1 fully saturated rings. The molecule has 4 heterocycles. The van der Waals surface area contributed by atoms with Crippen molar-refractivity contribution in [3.63, 3.8) is 0 Å². The van der Waals surface area contributed by atoms with Gasteiger partial charge in [0.15, 0.2) is 5.65 Å². The number of carbonyl (C=O) groups excluding carboxylic acids is 2. The molecule has 250 valence electrons. The van der Waals surface area contributed by atoms with Crippen LogP contribution in [0.4, 0.5) is 15.9 Å². The van der Waals surface area contributed by atoms with Crippen molar-refractivity contribution in [1.29, 1.82) is 5.26 Å². The minimum absolute atomic E-state index is 0.0161. The summed E-state index contributed by atoms with van der Waals surface area (Å²) in [5.74, 6) is -0.777. The summed E-state index contributed by atoms with van der Waals surface area (Å²) in [6.45, 7) is 8.72. The first-order chi connectivity index (χ1) is 23.5. The van der Waals surface area contributed by atoms with Crippen LogP contribution in [0.25, 0.3) is 33.4 Å². The van der Waals surface area contributed by atoms with Gasteiger partial charge >= 0.3 is 0 Å². The molecule has 6 rings (SSSR count). The Bertz CT molecular complexity index is 2160. The number of halogens is 1. The van der Waals surface area contributed by atoms with Gasteiger partial charge in [-0.25, -0.2) is 19.0 Å². The Hall–Kier alpha value is -5.90. The molecule has 13 heteroatoms. The largest absolute Gasteiger partial charge is 0.383 e. The molecule has 5 aromatic rings. The zero-order chi connectivity index (χ0) is 35.0. The van der Waals surface area contributed by atoms with E-state index < -0.39 is 17.2 Å². The second kappa shape index (κ2) is 13.3. The van der Waals surface area contributed by atoms with Gasteiger partial charge in [0.05, 0.1) is 17.0 Å². The molecule has 0 atom stereocenters. The van der Waals surface area contributed by atoms with E-state index in [1.165, 1.54) is 36.8 Å². The van der Waals surface area contributed by atoms with E-state index >= 15 is 0 Å². The third-order valence-electron chi connectivity index (χ3n) is 8.82. The predicted octanol–water partition coefficient (Wildman–Crippen LogP) is 5.57. The Labute approximate surface area is 282 Å². The second-order valence-electron chi connectivity index (χ2n) is 12.7. The quantitative estimate of drug-likeness (QED) is 0.229. The number of hydrogen-bond donors (Lipinski definition) is 2. The van der Waals surface area contributed by atoms with Gasteiger partial charge < -0.3 is 20.5 Å². The maximum absolute atomic E-state index is 13.7. The van der Waals surface area contributed by atoms with Gasteiger partial charge in [-0.05, 0) is 56.5 Å². The molecule has 2 aromatic carbocycles. The van der Waals surface area contributed by atoms with E-state index in [4.69, 9.17) is 10.8 Å². The van der Waals surface area contributed by atoms with Crippen LogP contribution in [0.3, 0.4) is 0 Å². The van der Waals surface area contributed by atoms with Gasteiger partial charge in [-0.15, -0.1) is 0 Å². The zero-order valence-corrected chi connectivity index (χ0v) is 27.6. The molecule has 0 unspecified atom stereocenters. The average Bonchev–Trinajstić information content (AvgIpc) is 3.49. The molecule has 3 aromatic heterocycles. The van der Waals surface area contributed by atoms with Crippen molar-refractivity contribution in [2.45, 2.75) is 52.6 Å². The first-order valence-corrected chi connectivity index (χ1v) is 16.1. The highest BCUT2D eigenvalue weighted by Crippen LogP contribution is 2.35. The number of pyridine rings is 1. The summed E-state index contributed by atoms with van der Waals surface area (Å²) in [6, 6.07) is 14.0. The van der Waals surface area contributed by atoms with Crippen LogP contribution >= 0.6 is 0 Å². The van der Waals surface area contributed by atoms with Crippen LogP contribution in [0.1, 0.15) is 68.7 Å². The van der Waals surface area contributed by atoms with Crippen LogP contribution in [0, 0.1) is 23.1 Å². The molecule has 1 saturated heterocycles. The van der Waals surface area contributed by atoms with Crippen LogP contribution < -0.4 is 16.5 Å². The maximum atomic E-state index is 13.7. The van der Waals surface area contributed by atoms with E-state index in [0.717, 1.165) is 18.4 Å². The number of fused-ring (bicyclic) bond motifs is 1. The number of nitrogens with one attached hydrogen (secondary N) is 1. The van der Waals surface area contributed by atoms with Crippen LogP contribution in [0.2, 0.25) is 0 Å². The number of nitrogens with zero attached hydrogens (tertiary/aromatic N) is 7. The number of aromatic nitrogens is 5. The Morgan fingerprint density at radius 3 is 2.27 bits per heavy atom. The molecule has 0 bridgehead atoms. The van der Waals surface area contributed by atoms with Crippen molar-refractivity contribution in [2.75, 3.05) is 24.1 Å². The van der Waals surface area contributed by atoms with Gasteiger partial charge in [0.25, 0.3) is 5.91 Å². The maximum Gasteiger partial charge on any atom is 0.261 e. The zero-order valence-electron chi connectivity index (χ0n) is 27.6. The monoisotopic (exact) mass is 661 g/mol. The molecular weight excluding hydrogens is 625 g/mol.